The van der Waals surface area contributed by atoms with Gasteiger partial charge in [-0.15, -0.1) is 0 Å². The first-order valence-corrected chi connectivity index (χ1v) is 5.67. The third-order valence-electron chi connectivity index (χ3n) is 3.65. The zero-order chi connectivity index (χ0) is 11.9. The lowest BCUT2D eigenvalue weighted by Crippen LogP contribution is -2.32. The zero-order valence-electron chi connectivity index (χ0n) is 9.63. The summed E-state index contributed by atoms with van der Waals surface area (Å²) < 4.78 is 27.1. The van der Waals surface area contributed by atoms with E-state index in [0.717, 1.165) is 18.4 Å². The van der Waals surface area contributed by atoms with Crippen molar-refractivity contribution in [2.45, 2.75) is 44.3 Å². The van der Waals surface area contributed by atoms with E-state index in [1.807, 2.05) is 13.0 Å². The summed E-state index contributed by atoms with van der Waals surface area (Å²) in [4.78, 5) is 0. The van der Waals surface area contributed by atoms with E-state index in [4.69, 9.17) is 5.73 Å². The zero-order valence-corrected chi connectivity index (χ0v) is 9.63. The molecule has 0 radical (unpaired) electrons. The van der Waals surface area contributed by atoms with Crippen molar-refractivity contribution in [2.75, 3.05) is 0 Å². The van der Waals surface area contributed by atoms with Crippen molar-refractivity contribution in [2.24, 2.45) is 5.73 Å². The number of benzene rings is 1. The minimum atomic E-state index is -1.28. The summed E-state index contributed by atoms with van der Waals surface area (Å²) in [6.07, 6.45) is 0.564. The van der Waals surface area contributed by atoms with Gasteiger partial charge in [-0.25, -0.2) is 8.78 Å². The molecule has 0 saturated heterocycles. The molecule has 0 amide bonds. The number of hydrogen-bond donors (Lipinski definition) is 1. The van der Waals surface area contributed by atoms with Crippen LogP contribution in [0.2, 0.25) is 0 Å². The number of alkyl halides is 1. The van der Waals surface area contributed by atoms with E-state index in [-0.39, 0.29) is 17.0 Å². The van der Waals surface area contributed by atoms with Gasteiger partial charge in [0.25, 0.3) is 0 Å². The average molecular weight is 225 g/mol. The van der Waals surface area contributed by atoms with Crippen molar-refractivity contribution < 1.29 is 8.78 Å². The summed E-state index contributed by atoms with van der Waals surface area (Å²) in [5.74, 6) is -0.459. The summed E-state index contributed by atoms with van der Waals surface area (Å²) in [5.41, 5.74) is 6.70. The molecule has 16 heavy (non-hydrogen) atoms. The van der Waals surface area contributed by atoms with E-state index in [1.54, 1.807) is 6.07 Å². The van der Waals surface area contributed by atoms with Crippen molar-refractivity contribution in [3.8, 4) is 0 Å². The maximum atomic E-state index is 13.6. The Labute approximate surface area is 94.7 Å². The van der Waals surface area contributed by atoms with Crippen LogP contribution < -0.4 is 5.73 Å². The third-order valence-corrected chi connectivity index (χ3v) is 3.65. The molecule has 2 atom stereocenters. The Balaban J connectivity index is 2.53. The van der Waals surface area contributed by atoms with Crippen LogP contribution >= 0.6 is 0 Å². The second-order valence-corrected chi connectivity index (χ2v) is 4.76. The second-order valence-electron chi connectivity index (χ2n) is 4.76. The minimum Gasteiger partial charge on any atom is -0.327 e. The molecule has 1 saturated carbocycles. The van der Waals surface area contributed by atoms with E-state index >= 15 is 0 Å². The molecule has 0 aliphatic heterocycles. The van der Waals surface area contributed by atoms with Gasteiger partial charge in [-0.1, -0.05) is 12.1 Å². The third kappa shape index (κ3) is 1.63. The molecule has 1 aliphatic rings. The highest BCUT2D eigenvalue weighted by molar-refractivity contribution is 5.42. The molecule has 0 heterocycles. The van der Waals surface area contributed by atoms with Gasteiger partial charge in [-0.2, -0.15) is 0 Å². The van der Waals surface area contributed by atoms with E-state index in [2.05, 4.69) is 0 Å². The fraction of sp³-hybridized carbons (Fsp3) is 0.538. The van der Waals surface area contributed by atoms with Crippen LogP contribution in [-0.4, -0.2) is 6.04 Å². The topological polar surface area (TPSA) is 26.0 Å². The summed E-state index contributed by atoms with van der Waals surface area (Å²) in [6.45, 7) is 3.28. The van der Waals surface area contributed by atoms with Crippen LogP contribution in [0.15, 0.2) is 18.2 Å². The van der Waals surface area contributed by atoms with Gasteiger partial charge in [-0.3, -0.25) is 0 Å². The van der Waals surface area contributed by atoms with Crippen molar-refractivity contribution in [1.29, 1.82) is 0 Å². The Morgan fingerprint density at radius 3 is 2.38 bits per heavy atom. The van der Waals surface area contributed by atoms with E-state index in [0.29, 0.717) is 0 Å². The normalized spacial score (nSPS) is 21.6. The Hall–Kier alpha value is -0.960. The molecule has 0 spiro atoms. The Morgan fingerprint density at radius 2 is 1.94 bits per heavy atom. The quantitative estimate of drug-likeness (QED) is 0.839. The monoisotopic (exact) mass is 225 g/mol. The number of nitrogens with two attached hydrogens (primary N) is 1. The summed E-state index contributed by atoms with van der Waals surface area (Å²) in [5, 5.41) is 0. The molecule has 0 bridgehead atoms. The van der Waals surface area contributed by atoms with E-state index in [9.17, 15) is 8.78 Å². The van der Waals surface area contributed by atoms with Gasteiger partial charge in [-0.05, 0) is 38.3 Å². The smallest absolute Gasteiger partial charge is 0.129 e. The molecular weight excluding hydrogens is 208 g/mol. The fourth-order valence-corrected chi connectivity index (χ4v) is 2.48. The number of halogens is 2. The standard InChI is InChI=1S/C13H17F2N/c1-8(14)12-10(4-3-5-11(12)15)13(6-7-13)9(2)16/h3-5,8-9H,6-7,16H2,1-2H3. The highest BCUT2D eigenvalue weighted by atomic mass is 19.1. The predicted octanol–water partition coefficient (Wildman–Crippen LogP) is 3.24. The van der Waals surface area contributed by atoms with Crippen LogP contribution in [0.25, 0.3) is 0 Å². The largest absolute Gasteiger partial charge is 0.327 e. The van der Waals surface area contributed by atoms with Crippen molar-refractivity contribution in [1.82, 2.24) is 0 Å². The summed E-state index contributed by atoms with van der Waals surface area (Å²) in [6, 6.07) is 4.70. The van der Waals surface area contributed by atoms with Crippen LogP contribution in [0.5, 0.6) is 0 Å². The lowest BCUT2D eigenvalue weighted by molar-refractivity contribution is 0.354. The van der Waals surface area contributed by atoms with Gasteiger partial charge >= 0.3 is 0 Å². The molecule has 2 N–H and O–H groups in total. The van der Waals surface area contributed by atoms with Crippen LogP contribution in [0.1, 0.15) is 44.0 Å². The maximum Gasteiger partial charge on any atom is 0.129 e. The molecule has 2 unspecified atom stereocenters. The highest BCUT2D eigenvalue weighted by Gasteiger charge is 2.49. The molecular formula is C13H17F2N. The Kier molecular flexibility index (Phi) is 2.74. The second kappa shape index (κ2) is 3.81. The SMILES string of the molecule is CC(F)c1c(F)cccc1C1(C(C)N)CC1. The summed E-state index contributed by atoms with van der Waals surface area (Å²) >= 11 is 0. The molecule has 1 aromatic carbocycles. The van der Waals surface area contributed by atoms with Crippen LogP contribution in [0, 0.1) is 5.82 Å². The van der Waals surface area contributed by atoms with Crippen LogP contribution in [0.4, 0.5) is 8.78 Å². The van der Waals surface area contributed by atoms with Gasteiger partial charge < -0.3 is 5.73 Å². The molecule has 0 aromatic heterocycles. The van der Waals surface area contributed by atoms with Crippen LogP contribution in [0.3, 0.4) is 0 Å². The first-order chi connectivity index (χ1) is 7.49. The maximum absolute atomic E-state index is 13.6. The number of hydrogen-bond acceptors (Lipinski definition) is 1. The molecule has 3 heteroatoms. The first-order valence-electron chi connectivity index (χ1n) is 5.67. The van der Waals surface area contributed by atoms with Gasteiger partial charge in [0.1, 0.15) is 12.0 Å². The van der Waals surface area contributed by atoms with Gasteiger partial charge in [0.05, 0.1) is 0 Å². The predicted molar refractivity (Wildman–Crippen MR) is 60.5 cm³/mol. The number of rotatable bonds is 3. The van der Waals surface area contributed by atoms with Gasteiger partial charge in [0.15, 0.2) is 0 Å². The lowest BCUT2D eigenvalue weighted by Gasteiger charge is -2.24. The fourth-order valence-electron chi connectivity index (χ4n) is 2.48. The Morgan fingerprint density at radius 1 is 1.31 bits per heavy atom. The minimum absolute atomic E-state index is 0.0631. The van der Waals surface area contributed by atoms with E-state index < -0.39 is 12.0 Å². The van der Waals surface area contributed by atoms with Crippen molar-refractivity contribution >= 4 is 0 Å². The molecule has 1 aromatic rings. The summed E-state index contributed by atoms with van der Waals surface area (Å²) in [7, 11) is 0. The molecule has 1 aliphatic carbocycles. The first kappa shape index (κ1) is 11.5. The highest BCUT2D eigenvalue weighted by Crippen LogP contribution is 2.52. The van der Waals surface area contributed by atoms with Crippen LogP contribution in [-0.2, 0) is 5.41 Å². The van der Waals surface area contributed by atoms with E-state index in [1.165, 1.54) is 13.0 Å². The molecule has 1 nitrogen and oxygen atoms in total. The average Bonchev–Trinajstić information content (AvgIpc) is 2.97. The van der Waals surface area contributed by atoms with Crippen molar-refractivity contribution in [3.05, 3.63) is 35.1 Å². The van der Waals surface area contributed by atoms with Gasteiger partial charge in [0, 0.05) is 17.0 Å². The van der Waals surface area contributed by atoms with Gasteiger partial charge in [0.2, 0.25) is 0 Å². The molecule has 1 fully saturated rings. The van der Waals surface area contributed by atoms with Crippen molar-refractivity contribution in [3.63, 3.8) is 0 Å². The molecule has 88 valence electrons. The Bertz CT molecular complexity index is 395. The molecule has 2 rings (SSSR count). The lowest BCUT2D eigenvalue weighted by atomic mass is 9.85.